The molecular formula is C18H23N3O4. The lowest BCUT2D eigenvalue weighted by atomic mass is 10.0. The third-order valence-corrected chi connectivity index (χ3v) is 5.31. The fraction of sp³-hybridized carbons (Fsp3) is 0.611. The van der Waals surface area contributed by atoms with Crippen molar-refractivity contribution in [1.29, 1.82) is 0 Å². The molecule has 2 saturated heterocycles. The lowest BCUT2D eigenvalue weighted by Crippen LogP contribution is -2.48. The highest BCUT2D eigenvalue weighted by Gasteiger charge is 2.51. The molecule has 7 heteroatoms. The van der Waals surface area contributed by atoms with Crippen LogP contribution >= 0.6 is 0 Å². The molecule has 2 unspecified atom stereocenters. The normalized spacial score (nSPS) is 27.3. The molecule has 0 radical (unpaired) electrons. The van der Waals surface area contributed by atoms with E-state index in [-0.39, 0.29) is 23.7 Å². The van der Waals surface area contributed by atoms with Crippen LogP contribution in [-0.2, 0) is 25.6 Å². The van der Waals surface area contributed by atoms with Gasteiger partial charge in [-0.3, -0.25) is 14.6 Å². The van der Waals surface area contributed by atoms with E-state index in [1.807, 2.05) is 17.0 Å². The van der Waals surface area contributed by atoms with E-state index in [0.717, 1.165) is 5.56 Å². The SMILES string of the molecule is O=C(NCc1ccncc1)C1CC1C(=O)N1CCC2(CC1)OCCO2. The van der Waals surface area contributed by atoms with Crippen molar-refractivity contribution in [3.8, 4) is 0 Å². The molecule has 134 valence electrons. The maximum Gasteiger partial charge on any atom is 0.226 e. The van der Waals surface area contributed by atoms with Gasteiger partial charge in [0.05, 0.1) is 25.0 Å². The Morgan fingerprint density at radius 2 is 1.84 bits per heavy atom. The van der Waals surface area contributed by atoms with Crippen LogP contribution in [0.2, 0.25) is 0 Å². The first-order chi connectivity index (χ1) is 12.2. The van der Waals surface area contributed by atoms with Crippen molar-refractivity contribution in [2.45, 2.75) is 31.6 Å². The molecule has 2 aliphatic heterocycles. The zero-order valence-electron chi connectivity index (χ0n) is 14.1. The van der Waals surface area contributed by atoms with Crippen molar-refractivity contribution in [2.75, 3.05) is 26.3 Å². The minimum absolute atomic E-state index is 0.0360. The zero-order chi connectivity index (χ0) is 17.3. The van der Waals surface area contributed by atoms with Crippen LogP contribution in [0, 0.1) is 11.8 Å². The second-order valence-electron chi connectivity index (χ2n) is 6.95. The lowest BCUT2D eigenvalue weighted by Gasteiger charge is -2.37. The highest BCUT2D eigenvalue weighted by atomic mass is 16.7. The molecule has 1 spiro atoms. The van der Waals surface area contributed by atoms with Gasteiger partial charge in [0.2, 0.25) is 11.8 Å². The number of aromatic nitrogens is 1. The van der Waals surface area contributed by atoms with Gasteiger partial charge in [0.1, 0.15) is 0 Å². The third kappa shape index (κ3) is 3.52. The molecule has 7 nitrogen and oxygen atoms in total. The van der Waals surface area contributed by atoms with E-state index >= 15 is 0 Å². The Kier molecular flexibility index (Phi) is 4.43. The largest absolute Gasteiger partial charge is 0.352 e. The Hall–Kier alpha value is -1.99. The number of amides is 2. The van der Waals surface area contributed by atoms with Crippen LogP contribution in [0.3, 0.4) is 0 Å². The monoisotopic (exact) mass is 345 g/mol. The first-order valence-electron chi connectivity index (χ1n) is 8.90. The fourth-order valence-corrected chi connectivity index (χ4v) is 3.67. The summed E-state index contributed by atoms with van der Waals surface area (Å²) >= 11 is 0. The topological polar surface area (TPSA) is 80.8 Å². The van der Waals surface area contributed by atoms with Gasteiger partial charge in [-0.25, -0.2) is 0 Å². The molecule has 0 bridgehead atoms. The van der Waals surface area contributed by atoms with Gasteiger partial charge in [-0.2, -0.15) is 0 Å². The molecule has 3 heterocycles. The summed E-state index contributed by atoms with van der Waals surface area (Å²) < 4.78 is 11.4. The molecule has 25 heavy (non-hydrogen) atoms. The van der Waals surface area contributed by atoms with Crippen LogP contribution in [0.25, 0.3) is 0 Å². The second-order valence-corrected chi connectivity index (χ2v) is 6.95. The molecular weight excluding hydrogens is 322 g/mol. The van der Waals surface area contributed by atoms with Gasteiger partial charge in [-0.1, -0.05) is 0 Å². The molecule has 4 rings (SSSR count). The number of rotatable bonds is 4. The number of piperidine rings is 1. The minimum Gasteiger partial charge on any atom is -0.352 e. The Morgan fingerprint density at radius 1 is 1.16 bits per heavy atom. The lowest BCUT2D eigenvalue weighted by molar-refractivity contribution is -0.187. The van der Waals surface area contributed by atoms with E-state index in [4.69, 9.17) is 9.47 Å². The number of pyridine rings is 1. The molecule has 1 aliphatic carbocycles. The quantitative estimate of drug-likeness (QED) is 0.869. The number of nitrogens with zero attached hydrogens (tertiary/aromatic N) is 2. The fourth-order valence-electron chi connectivity index (χ4n) is 3.67. The van der Waals surface area contributed by atoms with E-state index in [1.54, 1.807) is 12.4 Å². The van der Waals surface area contributed by atoms with Crippen molar-refractivity contribution in [1.82, 2.24) is 15.2 Å². The van der Waals surface area contributed by atoms with Gasteiger partial charge in [-0.15, -0.1) is 0 Å². The van der Waals surface area contributed by atoms with Gasteiger partial charge in [-0.05, 0) is 24.1 Å². The molecule has 3 aliphatic rings. The van der Waals surface area contributed by atoms with E-state index in [0.29, 0.717) is 52.1 Å². The van der Waals surface area contributed by atoms with Crippen LogP contribution in [-0.4, -0.2) is 53.8 Å². The Balaban J connectivity index is 1.24. The highest BCUT2D eigenvalue weighted by molar-refractivity contribution is 5.92. The van der Waals surface area contributed by atoms with Gasteiger partial charge < -0.3 is 19.7 Å². The summed E-state index contributed by atoms with van der Waals surface area (Å²) in [6.45, 7) is 3.02. The number of hydrogen-bond donors (Lipinski definition) is 1. The smallest absolute Gasteiger partial charge is 0.226 e. The van der Waals surface area contributed by atoms with Crippen molar-refractivity contribution in [3.63, 3.8) is 0 Å². The van der Waals surface area contributed by atoms with Crippen LogP contribution in [0.5, 0.6) is 0 Å². The van der Waals surface area contributed by atoms with Crippen molar-refractivity contribution in [3.05, 3.63) is 30.1 Å². The summed E-state index contributed by atoms with van der Waals surface area (Å²) in [7, 11) is 0. The summed E-state index contributed by atoms with van der Waals surface area (Å²) in [6.07, 6.45) is 5.47. The summed E-state index contributed by atoms with van der Waals surface area (Å²) in [5.41, 5.74) is 1.00. The summed E-state index contributed by atoms with van der Waals surface area (Å²) in [5.74, 6) is -0.772. The Labute approximate surface area is 146 Å². The first kappa shape index (κ1) is 16.5. The van der Waals surface area contributed by atoms with Crippen LogP contribution in [0.1, 0.15) is 24.8 Å². The van der Waals surface area contributed by atoms with E-state index in [9.17, 15) is 9.59 Å². The number of carbonyl (C=O) groups is 2. The van der Waals surface area contributed by atoms with Crippen molar-refractivity contribution >= 4 is 11.8 Å². The van der Waals surface area contributed by atoms with E-state index < -0.39 is 5.79 Å². The van der Waals surface area contributed by atoms with Crippen LogP contribution in [0.15, 0.2) is 24.5 Å². The number of carbonyl (C=O) groups excluding carboxylic acids is 2. The number of hydrogen-bond acceptors (Lipinski definition) is 5. The first-order valence-corrected chi connectivity index (χ1v) is 8.90. The molecule has 1 aromatic heterocycles. The van der Waals surface area contributed by atoms with E-state index in [1.165, 1.54) is 0 Å². The Bertz CT molecular complexity index is 635. The molecule has 0 aromatic carbocycles. The molecule has 2 amide bonds. The molecule has 1 aromatic rings. The average molecular weight is 345 g/mol. The summed E-state index contributed by atoms with van der Waals surface area (Å²) in [6, 6.07) is 3.74. The highest BCUT2D eigenvalue weighted by Crippen LogP contribution is 2.41. The standard InChI is InChI=1S/C18H23N3O4/c22-16(20-12-13-1-5-19-6-2-13)14-11-15(14)17(23)21-7-3-18(4-8-21)24-9-10-25-18/h1-2,5-6,14-15H,3-4,7-12H2,(H,20,22). The minimum atomic E-state index is -0.471. The molecule has 3 fully saturated rings. The molecule has 2 atom stereocenters. The van der Waals surface area contributed by atoms with E-state index in [2.05, 4.69) is 10.3 Å². The predicted octanol–water partition coefficient (Wildman–Crippen LogP) is 0.699. The van der Waals surface area contributed by atoms with Gasteiger partial charge in [0, 0.05) is 44.9 Å². The number of likely N-dealkylation sites (tertiary alicyclic amines) is 1. The van der Waals surface area contributed by atoms with Crippen LogP contribution < -0.4 is 5.32 Å². The van der Waals surface area contributed by atoms with Gasteiger partial charge >= 0.3 is 0 Å². The maximum absolute atomic E-state index is 12.6. The summed E-state index contributed by atoms with van der Waals surface area (Å²) in [4.78, 5) is 30.7. The van der Waals surface area contributed by atoms with Crippen LogP contribution in [0.4, 0.5) is 0 Å². The predicted molar refractivity (Wildman–Crippen MR) is 88.1 cm³/mol. The second kappa shape index (κ2) is 6.72. The van der Waals surface area contributed by atoms with Gasteiger partial charge in [0.25, 0.3) is 0 Å². The summed E-state index contributed by atoms with van der Waals surface area (Å²) in [5, 5.41) is 2.91. The molecule has 1 N–H and O–H groups in total. The molecule has 1 saturated carbocycles. The van der Waals surface area contributed by atoms with Gasteiger partial charge in [0.15, 0.2) is 5.79 Å². The zero-order valence-corrected chi connectivity index (χ0v) is 14.1. The maximum atomic E-state index is 12.6. The van der Waals surface area contributed by atoms with Crippen molar-refractivity contribution in [2.24, 2.45) is 11.8 Å². The average Bonchev–Trinajstić information content (AvgIpc) is 3.34. The van der Waals surface area contributed by atoms with Crippen molar-refractivity contribution < 1.29 is 19.1 Å². The third-order valence-electron chi connectivity index (χ3n) is 5.31. The number of ether oxygens (including phenoxy) is 2. The number of nitrogens with one attached hydrogen (secondary N) is 1. The Morgan fingerprint density at radius 3 is 2.52 bits per heavy atom.